The van der Waals surface area contributed by atoms with Gasteiger partial charge < -0.3 is 14.3 Å². The third-order valence-corrected chi connectivity index (χ3v) is 8.27. The third kappa shape index (κ3) is 6.04. The molecule has 1 aromatic carbocycles. The molecule has 1 saturated heterocycles. The van der Waals surface area contributed by atoms with Gasteiger partial charge in [0.25, 0.3) is 0 Å². The van der Waals surface area contributed by atoms with E-state index in [1.807, 2.05) is 0 Å². The second-order valence-electron chi connectivity index (χ2n) is 10.1. The fraction of sp³-hybridized carbons (Fsp3) is 0.640. The Balaban J connectivity index is 1.60. The Morgan fingerprint density at radius 1 is 1.14 bits per heavy atom. The first kappa shape index (κ1) is 26.1. The Hall–Kier alpha value is -2.01. The summed E-state index contributed by atoms with van der Waals surface area (Å²) in [5.74, 6) is 1.21. The quantitative estimate of drug-likeness (QED) is 0.423. The molecule has 10 heteroatoms. The lowest BCUT2D eigenvalue weighted by molar-refractivity contribution is 0.0884. The summed E-state index contributed by atoms with van der Waals surface area (Å²) in [7, 11) is -2.74. The van der Waals surface area contributed by atoms with E-state index in [4.69, 9.17) is 14.2 Å². The van der Waals surface area contributed by atoms with Gasteiger partial charge in [-0.05, 0) is 68.6 Å². The maximum atomic E-state index is 14.2. The number of benzene rings is 1. The minimum Gasteiger partial charge on any atom is -0.399 e. The van der Waals surface area contributed by atoms with Crippen molar-refractivity contribution in [1.29, 1.82) is 0 Å². The summed E-state index contributed by atoms with van der Waals surface area (Å²) in [6.45, 7) is 6.33. The van der Waals surface area contributed by atoms with Gasteiger partial charge in [-0.2, -0.15) is 8.42 Å². The molecule has 0 amide bonds. The minimum atomic E-state index is -4.16. The van der Waals surface area contributed by atoms with Gasteiger partial charge in [0.2, 0.25) is 0 Å². The molecule has 1 aromatic heterocycles. The summed E-state index contributed by atoms with van der Waals surface area (Å²) in [6.07, 6.45) is 8.40. The Kier molecular flexibility index (Phi) is 8.15. The molecule has 2 N–H and O–H groups in total. The normalized spacial score (nSPS) is 23.0. The van der Waals surface area contributed by atoms with Crippen molar-refractivity contribution in [3.8, 4) is 0 Å². The molecule has 2 heterocycles. The van der Waals surface area contributed by atoms with Crippen molar-refractivity contribution in [2.75, 3.05) is 20.2 Å². The third-order valence-electron chi connectivity index (χ3n) is 7.82. The van der Waals surface area contributed by atoms with E-state index in [-0.39, 0.29) is 18.5 Å². The van der Waals surface area contributed by atoms with Crippen molar-refractivity contribution >= 4 is 27.4 Å². The highest BCUT2D eigenvalue weighted by atomic mass is 32.2. The van der Waals surface area contributed by atoms with Crippen LogP contribution in [-0.2, 0) is 25.9 Å². The predicted molar refractivity (Wildman–Crippen MR) is 135 cm³/mol. The zero-order valence-corrected chi connectivity index (χ0v) is 21.6. The van der Waals surface area contributed by atoms with Crippen LogP contribution in [0.5, 0.6) is 0 Å². The van der Waals surface area contributed by atoms with Gasteiger partial charge in [-0.1, -0.05) is 19.0 Å². The maximum absolute atomic E-state index is 14.2. The molecule has 1 aliphatic carbocycles. The lowest BCUT2D eigenvalue weighted by Crippen LogP contribution is -2.44. The molecule has 0 spiro atoms. The number of likely N-dealkylation sites (tertiary alicyclic amines) is 1. The van der Waals surface area contributed by atoms with Crippen LogP contribution in [0.2, 0.25) is 0 Å². The van der Waals surface area contributed by atoms with Gasteiger partial charge >= 0.3 is 10.3 Å². The van der Waals surface area contributed by atoms with Crippen LogP contribution in [0.25, 0.3) is 10.9 Å². The number of rotatable bonds is 8. The van der Waals surface area contributed by atoms with Crippen molar-refractivity contribution in [3.05, 3.63) is 35.3 Å². The fourth-order valence-corrected chi connectivity index (χ4v) is 6.23. The molecule has 2 fully saturated rings. The van der Waals surface area contributed by atoms with E-state index in [9.17, 15) is 12.8 Å². The van der Waals surface area contributed by atoms with E-state index in [1.165, 1.54) is 51.1 Å². The van der Waals surface area contributed by atoms with Gasteiger partial charge in [0, 0.05) is 41.6 Å². The molecule has 1 aliphatic heterocycles. The van der Waals surface area contributed by atoms with Crippen LogP contribution in [0.1, 0.15) is 69.7 Å². The molecule has 8 nitrogen and oxygen atoms in total. The molecule has 0 bridgehead atoms. The fourth-order valence-electron chi connectivity index (χ4n) is 5.96. The standard InChI is InChI=1S/C25H37FN4O4S/c1-17(2)18-4-7-20(8-5-18)29-12-10-21(11-13-29)30-24-9-6-19(26)14-22(24)23(15-28-33-3)25(30)16-34-35(27,31)32/h6,9,14-15,17-18,20-21H,4-5,7-8,10-13,16H2,1-3H3,(H2,27,31,32)/b28-15-. The molecule has 35 heavy (non-hydrogen) atoms. The topological polar surface area (TPSA) is 99.1 Å². The summed E-state index contributed by atoms with van der Waals surface area (Å²) in [6, 6.07) is 5.34. The predicted octanol–water partition coefficient (Wildman–Crippen LogP) is 4.33. The largest absolute Gasteiger partial charge is 0.399 e. The average Bonchev–Trinajstić information content (AvgIpc) is 3.13. The highest BCUT2D eigenvalue weighted by molar-refractivity contribution is 7.84. The molecule has 2 aromatic rings. The zero-order chi connectivity index (χ0) is 25.2. The lowest BCUT2D eigenvalue weighted by Gasteiger charge is -2.42. The molecule has 0 atom stereocenters. The first-order chi connectivity index (χ1) is 16.7. The molecule has 2 aliphatic rings. The number of oxime groups is 1. The summed E-state index contributed by atoms with van der Waals surface area (Å²) >= 11 is 0. The van der Waals surface area contributed by atoms with Crippen molar-refractivity contribution in [3.63, 3.8) is 0 Å². The summed E-state index contributed by atoms with van der Waals surface area (Å²) in [5.41, 5.74) is 1.98. The van der Waals surface area contributed by atoms with E-state index >= 15 is 0 Å². The number of fused-ring (bicyclic) bond motifs is 1. The number of hydrogen-bond donors (Lipinski definition) is 1. The van der Waals surface area contributed by atoms with E-state index < -0.39 is 10.3 Å². The number of hydrogen-bond acceptors (Lipinski definition) is 6. The van der Waals surface area contributed by atoms with E-state index in [0.29, 0.717) is 22.7 Å². The second-order valence-corrected chi connectivity index (χ2v) is 11.4. The molecule has 0 unspecified atom stereocenters. The summed E-state index contributed by atoms with van der Waals surface area (Å²) in [5, 5.41) is 9.63. The lowest BCUT2D eigenvalue weighted by atomic mass is 9.79. The SMILES string of the molecule is CO/N=C\c1c(COS(N)(=O)=O)n(C2CCN(C3CCC(C(C)C)CC3)CC2)c2ccc(F)cc12. The van der Waals surface area contributed by atoms with E-state index in [2.05, 4.69) is 28.5 Å². The highest BCUT2D eigenvalue weighted by Gasteiger charge is 2.32. The van der Waals surface area contributed by atoms with Crippen LogP contribution in [0.4, 0.5) is 4.39 Å². The van der Waals surface area contributed by atoms with Gasteiger partial charge in [0.15, 0.2) is 0 Å². The summed E-state index contributed by atoms with van der Waals surface area (Å²) in [4.78, 5) is 7.48. The molecule has 4 rings (SSSR count). The number of piperidine rings is 1. The van der Waals surface area contributed by atoms with Gasteiger partial charge in [-0.3, -0.25) is 4.18 Å². The second kappa shape index (κ2) is 10.9. The van der Waals surface area contributed by atoms with Crippen LogP contribution in [0.15, 0.2) is 23.4 Å². The van der Waals surface area contributed by atoms with Gasteiger partial charge in [0.1, 0.15) is 19.5 Å². The molecular formula is C25H37FN4O4S. The smallest absolute Gasteiger partial charge is 0.333 e. The zero-order valence-electron chi connectivity index (χ0n) is 20.8. The molecule has 0 radical (unpaired) electrons. The molecule has 1 saturated carbocycles. The number of nitrogens with zero attached hydrogens (tertiary/aromatic N) is 3. The Labute approximate surface area is 207 Å². The summed E-state index contributed by atoms with van der Waals surface area (Å²) < 4.78 is 44.5. The van der Waals surface area contributed by atoms with Crippen molar-refractivity contribution in [2.45, 2.75) is 71.1 Å². The first-order valence-electron chi connectivity index (χ1n) is 12.5. The highest BCUT2D eigenvalue weighted by Crippen LogP contribution is 2.37. The number of halogens is 1. The molecular weight excluding hydrogens is 471 g/mol. The van der Waals surface area contributed by atoms with Crippen molar-refractivity contribution < 1.29 is 21.8 Å². The Bertz CT molecular complexity index is 1150. The first-order valence-corrected chi connectivity index (χ1v) is 13.9. The maximum Gasteiger partial charge on any atom is 0.333 e. The monoisotopic (exact) mass is 508 g/mol. The van der Waals surface area contributed by atoms with Crippen LogP contribution < -0.4 is 5.14 Å². The van der Waals surface area contributed by atoms with E-state index in [0.717, 1.165) is 43.3 Å². The van der Waals surface area contributed by atoms with Crippen molar-refractivity contribution in [2.24, 2.45) is 22.1 Å². The van der Waals surface area contributed by atoms with Crippen LogP contribution in [0, 0.1) is 17.7 Å². The molecule has 194 valence electrons. The average molecular weight is 509 g/mol. The van der Waals surface area contributed by atoms with Crippen LogP contribution in [-0.4, -0.2) is 50.3 Å². The Morgan fingerprint density at radius 3 is 2.43 bits per heavy atom. The van der Waals surface area contributed by atoms with E-state index in [1.54, 1.807) is 6.07 Å². The number of aromatic nitrogens is 1. The van der Waals surface area contributed by atoms with Crippen LogP contribution >= 0.6 is 0 Å². The van der Waals surface area contributed by atoms with Crippen LogP contribution in [0.3, 0.4) is 0 Å². The number of nitrogens with two attached hydrogens (primary N) is 1. The van der Waals surface area contributed by atoms with Crippen molar-refractivity contribution in [1.82, 2.24) is 9.47 Å². The minimum absolute atomic E-state index is 0.120. The Morgan fingerprint density at radius 2 is 1.83 bits per heavy atom. The van der Waals surface area contributed by atoms with Gasteiger partial charge in [-0.25, -0.2) is 9.53 Å². The van der Waals surface area contributed by atoms with Gasteiger partial charge in [0.05, 0.1) is 11.9 Å². The van der Waals surface area contributed by atoms with Gasteiger partial charge in [-0.15, -0.1) is 0 Å².